The Labute approximate surface area is 135 Å². The fraction of sp³-hybridized carbons (Fsp3) is 0.538. The first-order chi connectivity index (χ1) is 11.2. The Kier molecular flexibility index (Phi) is 4.94. The van der Waals surface area contributed by atoms with Crippen LogP contribution in [0.3, 0.4) is 0 Å². The van der Waals surface area contributed by atoms with Crippen molar-refractivity contribution in [2.45, 2.75) is 11.7 Å². The van der Waals surface area contributed by atoms with Crippen molar-refractivity contribution >= 4 is 28.7 Å². The number of fused-ring (bicyclic) bond motifs is 1. The lowest BCUT2D eigenvalue weighted by molar-refractivity contribution is -0.132. The van der Waals surface area contributed by atoms with Crippen molar-refractivity contribution in [3.05, 3.63) is 16.6 Å². The normalized spacial score (nSPS) is 15.3. The molecule has 3 heterocycles. The zero-order valence-electron chi connectivity index (χ0n) is 12.4. The van der Waals surface area contributed by atoms with Crippen LogP contribution >= 0.6 is 11.8 Å². The van der Waals surface area contributed by atoms with Crippen LogP contribution in [0.25, 0.3) is 11.0 Å². The highest BCUT2D eigenvalue weighted by Gasteiger charge is 2.18. The highest BCUT2D eigenvalue weighted by Crippen LogP contribution is 2.15. The summed E-state index contributed by atoms with van der Waals surface area (Å²) >= 11 is 1.18. The van der Waals surface area contributed by atoms with Crippen LogP contribution in [0.15, 0.2) is 16.1 Å². The SMILES string of the molecule is O=C(CSc1nc2c(cnn2CCO)c(=O)[nH]1)N1CCOCC1. The molecule has 3 rings (SSSR count). The molecule has 0 saturated carbocycles. The molecule has 0 aliphatic carbocycles. The molecule has 1 amide bonds. The van der Waals surface area contributed by atoms with Crippen LogP contribution in [0.5, 0.6) is 0 Å². The number of aliphatic hydroxyl groups excluding tert-OH is 1. The van der Waals surface area contributed by atoms with Crippen molar-refractivity contribution in [3.63, 3.8) is 0 Å². The van der Waals surface area contributed by atoms with Crippen molar-refractivity contribution in [2.24, 2.45) is 0 Å². The van der Waals surface area contributed by atoms with E-state index in [9.17, 15) is 9.59 Å². The van der Waals surface area contributed by atoms with Gasteiger partial charge in [0.1, 0.15) is 5.39 Å². The molecule has 0 bridgehead atoms. The van der Waals surface area contributed by atoms with Crippen LogP contribution in [0.2, 0.25) is 0 Å². The number of aromatic amines is 1. The molecule has 2 N–H and O–H groups in total. The molecule has 1 saturated heterocycles. The Morgan fingerprint density at radius 2 is 2.22 bits per heavy atom. The number of aromatic nitrogens is 4. The quantitative estimate of drug-likeness (QED) is 0.534. The molecule has 0 spiro atoms. The Balaban J connectivity index is 1.73. The predicted octanol–water partition coefficient (Wildman–Crippen LogP) is -0.937. The van der Waals surface area contributed by atoms with Crippen molar-refractivity contribution in [2.75, 3.05) is 38.7 Å². The smallest absolute Gasteiger partial charge is 0.262 e. The highest BCUT2D eigenvalue weighted by atomic mass is 32.2. The van der Waals surface area contributed by atoms with Gasteiger partial charge in [-0.1, -0.05) is 11.8 Å². The van der Waals surface area contributed by atoms with Gasteiger partial charge >= 0.3 is 0 Å². The molecule has 0 unspecified atom stereocenters. The van der Waals surface area contributed by atoms with Crippen LogP contribution < -0.4 is 5.56 Å². The van der Waals surface area contributed by atoms with E-state index in [1.54, 1.807) is 4.90 Å². The number of ether oxygens (including phenoxy) is 1. The number of aliphatic hydroxyl groups is 1. The Morgan fingerprint density at radius 1 is 1.43 bits per heavy atom. The maximum absolute atomic E-state index is 12.1. The topological polar surface area (TPSA) is 113 Å². The van der Waals surface area contributed by atoms with E-state index in [1.165, 1.54) is 22.6 Å². The molecule has 1 aliphatic heterocycles. The summed E-state index contributed by atoms with van der Waals surface area (Å²) in [7, 11) is 0. The summed E-state index contributed by atoms with van der Waals surface area (Å²) in [5, 5.41) is 13.8. The second-order valence-corrected chi connectivity index (χ2v) is 5.95. The molecule has 0 atom stereocenters. The minimum Gasteiger partial charge on any atom is -0.394 e. The highest BCUT2D eigenvalue weighted by molar-refractivity contribution is 7.99. The van der Waals surface area contributed by atoms with Crippen LogP contribution in [-0.2, 0) is 16.1 Å². The molecule has 2 aromatic heterocycles. The third-order valence-corrected chi connectivity index (χ3v) is 4.35. The number of rotatable bonds is 5. The number of H-pyrrole nitrogens is 1. The summed E-state index contributed by atoms with van der Waals surface area (Å²) in [5.41, 5.74) is 0.102. The molecule has 0 radical (unpaired) electrons. The van der Waals surface area contributed by atoms with E-state index in [2.05, 4.69) is 15.1 Å². The minimum absolute atomic E-state index is 0.00934. The number of hydrogen-bond acceptors (Lipinski definition) is 7. The molecular weight excluding hydrogens is 322 g/mol. The second-order valence-electron chi connectivity index (χ2n) is 4.98. The number of hydrogen-bond donors (Lipinski definition) is 2. The van der Waals surface area contributed by atoms with Crippen LogP contribution in [0.1, 0.15) is 0 Å². The molecular formula is C13H17N5O4S. The van der Waals surface area contributed by atoms with Crippen LogP contribution in [-0.4, -0.2) is 74.3 Å². The standard InChI is InChI=1S/C13H17N5O4S/c19-4-1-18-11-9(7-14-18)12(21)16-13(15-11)23-8-10(20)17-2-5-22-6-3-17/h7,19H,1-6,8H2,(H,15,16,21). The number of morpholine rings is 1. The van der Waals surface area contributed by atoms with Gasteiger partial charge in [-0.05, 0) is 0 Å². The van der Waals surface area contributed by atoms with E-state index in [0.717, 1.165) is 0 Å². The van der Waals surface area contributed by atoms with Gasteiger partial charge in [0.2, 0.25) is 5.91 Å². The third kappa shape index (κ3) is 3.54. The van der Waals surface area contributed by atoms with E-state index >= 15 is 0 Å². The van der Waals surface area contributed by atoms with Gasteiger partial charge in [-0.25, -0.2) is 9.67 Å². The monoisotopic (exact) mass is 339 g/mol. The van der Waals surface area contributed by atoms with Crippen LogP contribution in [0, 0.1) is 0 Å². The lowest BCUT2D eigenvalue weighted by Crippen LogP contribution is -2.41. The van der Waals surface area contributed by atoms with E-state index in [4.69, 9.17) is 9.84 Å². The first-order valence-corrected chi connectivity index (χ1v) is 8.22. The van der Waals surface area contributed by atoms with Gasteiger partial charge in [-0.15, -0.1) is 0 Å². The van der Waals surface area contributed by atoms with Crippen molar-refractivity contribution < 1.29 is 14.6 Å². The first-order valence-electron chi connectivity index (χ1n) is 7.24. The summed E-state index contributed by atoms with van der Waals surface area (Å²) in [6.07, 6.45) is 1.42. The molecule has 1 aliphatic rings. The lowest BCUT2D eigenvalue weighted by Gasteiger charge is -2.26. The van der Waals surface area contributed by atoms with Gasteiger partial charge in [-0.3, -0.25) is 9.59 Å². The summed E-state index contributed by atoms with van der Waals surface area (Å²) in [6.45, 7) is 2.45. The second kappa shape index (κ2) is 7.11. The maximum Gasteiger partial charge on any atom is 0.262 e. The average Bonchev–Trinajstić information content (AvgIpc) is 2.97. The lowest BCUT2D eigenvalue weighted by atomic mass is 10.4. The van der Waals surface area contributed by atoms with Gasteiger partial charge < -0.3 is 19.7 Å². The zero-order chi connectivity index (χ0) is 16.2. The average molecular weight is 339 g/mol. The van der Waals surface area contributed by atoms with Gasteiger partial charge in [0.15, 0.2) is 10.8 Å². The van der Waals surface area contributed by atoms with Crippen molar-refractivity contribution in [3.8, 4) is 0 Å². The largest absolute Gasteiger partial charge is 0.394 e. The molecule has 1 fully saturated rings. The molecule has 124 valence electrons. The number of carbonyl (C=O) groups is 1. The fourth-order valence-corrected chi connectivity index (χ4v) is 3.07. The number of nitrogens with zero attached hydrogens (tertiary/aromatic N) is 4. The third-order valence-electron chi connectivity index (χ3n) is 3.49. The fourth-order valence-electron chi connectivity index (χ4n) is 2.31. The van der Waals surface area contributed by atoms with Crippen molar-refractivity contribution in [1.82, 2.24) is 24.6 Å². The van der Waals surface area contributed by atoms with Crippen molar-refractivity contribution in [1.29, 1.82) is 0 Å². The summed E-state index contributed by atoms with van der Waals surface area (Å²) in [6, 6.07) is 0. The van der Waals surface area contributed by atoms with Gasteiger partial charge in [0.25, 0.3) is 5.56 Å². The zero-order valence-corrected chi connectivity index (χ0v) is 13.2. The van der Waals surface area contributed by atoms with E-state index < -0.39 is 0 Å². The Hall–Kier alpha value is -1.91. The Bertz CT molecular complexity index is 752. The molecule has 23 heavy (non-hydrogen) atoms. The van der Waals surface area contributed by atoms with Gasteiger partial charge in [0.05, 0.1) is 38.3 Å². The number of carbonyl (C=O) groups excluding carboxylic acids is 1. The summed E-state index contributed by atoms with van der Waals surface area (Å²) < 4.78 is 6.68. The van der Waals surface area contributed by atoms with Gasteiger partial charge in [-0.2, -0.15) is 5.10 Å². The van der Waals surface area contributed by atoms with E-state index in [-0.39, 0.29) is 30.4 Å². The number of amides is 1. The van der Waals surface area contributed by atoms with Crippen LogP contribution in [0.4, 0.5) is 0 Å². The molecule has 9 nitrogen and oxygen atoms in total. The summed E-state index contributed by atoms with van der Waals surface area (Å²) in [5.74, 6) is 0.188. The van der Waals surface area contributed by atoms with Gasteiger partial charge in [0, 0.05) is 13.1 Å². The minimum atomic E-state index is -0.305. The molecule has 10 heteroatoms. The summed E-state index contributed by atoms with van der Waals surface area (Å²) in [4.78, 5) is 32.9. The molecule has 2 aromatic rings. The first kappa shape index (κ1) is 16.0. The van der Waals surface area contributed by atoms with E-state index in [0.29, 0.717) is 42.5 Å². The number of thioether (sulfide) groups is 1. The number of nitrogens with one attached hydrogen (secondary N) is 1. The Morgan fingerprint density at radius 3 is 2.96 bits per heavy atom. The maximum atomic E-state index is 12.1. The van der Waals surface area contributed by atoms with E-state index in [1.807, 2.05) is 0 Å². The predicted molar refractivity (Wildman–Crippen MR) is 83.4 cm³/mol. The molecule has 0 aromatic carbocycles.